The molecule has 0 spiro atoms. The van der Waals surface area contributed by atoms with Crippen molar-refractivity contribution >= 4 is 28.0 Å². The van der Waals surface area contributed by atoms with Crippen LogP contribution in [-0.2, 0) is 17.3 Å². The van der Waals surface area contributed by atoms with Crippen LogP contribution in [0.25, 0.3) is 0 Å². The minimum atomic E-state index is -0.635. The zero-order valence-electron chi connectivity index (χ0n) is 10.9. The first kappa shape index (κ1) is 14.4. The predicted molar refractivity (Wildman–Crippen MR) is 82.0 cm³/mol. The molecule has 0 amide bonds. The number of thiocarbonyl (C=S) groups is 1. The summed E-state index contributed by atoms with van der Waals surface area (Å²) >= 11 is 4.99. The summed E-state index contributed by atoms with van der Waals surface area (Å²) in [4.78, 5) is 2.65. The molecule has 2 N–H and O–H groups in total. The number of methoxy groups -OCH3 is 1. The van der Waals surface area contributed by atoms with Crippen LogP contribution in [0.5, 0.6) is 5.75 Å². The highest BCUT2D eigenvalue weighted by Gasteiger charge is 2.16. The maximum Gasteiger partial charge on any atom is 0.129 e. The number of benzene rings is 1. The average Bonchev–Trinajstić information content (AvgIpc) is 2.41. The van der Waals surface area contributed by atoms with Crippen LogP contribution in [0.2, 0.25) is 0 Å². The maximum absolute atomic E-state index is 11.3. The fraction of sp³-hybridized carbons (Fsp3) is 0.462. The number of nitrogens with two attached hydrogens (primary N) is 1. The van der Waals surface area contributed by atoms with Crippen LogP contribution in [0.15, 0.2) is 18.2 Å². The van der Waals surface area contributed by atoms with Crippen molar-refractivity contribution in [2.75, 3.05) is 31.7 Å². The molecule has 1 heterocycles. The van der Waals surface area contributed by atoms with Crippen LogP contribution in [0, 0.1) is 0 Å². The van der Waals surface area contributed by atoms with Gasteiger partial charge in [-0.15, -0.1) is 0 Å². The van der Waals surface area contributed by atoms with E-state index >= 15 is 0 Å². The quantitative estimate of drug-likeness (QED) is 0.837. The summed E-state index contributed by atoms with van der Waals surface area (Å²) < 4.78 is 16.6. The number of hydrogen-bond donors (Lipinski definition) is 1. The van der Waals surface area contributed by atoms with E-state index < -0.39 is 10.8 Å². The van der Waals surface area contributed by atoms with E-state index in [1.165, 1.54) is 0 Å². The molecular formula is C13H18N2O2S2. The largest absolute Gasteiger partial charge is 0.496 e. The number of rotatable bonds is 4. The molecule has 0 bridgehead atoms. The van der Waals surface area contributed by atoms with Crippen molar-refractivity contribution in [3.8, 4) is 5.75 Å². The Bertz CT molecular complexity index is 495. The van der Waals surface area contributed by atoms with E-state index in [9.17, 15) is 4.21 Å². The molecule has 1 aliphatic rings. The molecule has 6 heteroatoms. The number of hydrogen-bond acceptors (Lipinski definition) is 4. The SMILES string of the molecule is COc1cc(CN2CCS(=O)CC2)ccc1C(N)=S. The van der Waals surface area contributed by atoms with Crippen molar-refractivity contribution in [1.82, 2.24) is 4.90 Å². The van der Waals surface area contributed by atoms with Gasteiger partial charge in [0, 0.05) is 41.9 Å². The molecule has 0 unspecified atom stereocenters. The van der Waals surface area contributed by atoms with Crippen molar-refractivity contribution in [3.05, 3.63) is 29.3 Å². The number of ether oxygens (including phenoxy) is 1. The third kappa shape index (κ3) is 3.75. The van der Waals surface area contributed by atoms with Gasteiger partial charge in [0.1, 0.15) is 10.7 Å². The van der Waals surface area contributed by atoms with Crippen LogP contribution in [0.4, 0.5) is 0 Å². The summed E-state index contributed by atoms with van der Waals surface area (Å²) in [5.74, 6) is 2.25. The second-order valence-electron chi connectivity index (χ2n) is 4.52. The van der Waals surface area contributed by atoms with Crippen molar-refractivity contribution < 1.29 is 8.95 Å². The van der Waals surface area contributed by atoms with E-state index in [4.69, 9.17) is 22.7 Å². The topological polar surface area (TPSA) is 55.6 Å². The summed E-state index contributed by atoms with van der Waals surface area (Å²) in [6.07, 6.45) is 0. The zero-order chi connectivity index (χ0) is 13.8. The molecule has 1 aromatic carbocycles. The lowest BCUT2D eigenvalue weighted by molar-refractivity contribution is 0.291. The molecule has 19 heavy (non-hydrogen) atoms. The Labute approximate surface area is 121 Å². The second-order valence-corrected chi connectivity index (χ2v) is 6.66. The van der Waals surface area contributed by atoms with E-state index in [0.29, 0.717) is 10.7 Å². The van der Waals surface area contributed by atoms with Gasteiger partial charge in [0.25, 0.3) is 0 Å². The molecule has 104 valence electrons. The molecule has 0 radical (unpaired) electrons. The van der Waals surface area contributed by atoms with Crippen molar-refractivity contribution in [3.63, 3.8) is 0 Å². The molecule has 0 aromatic heterocycles. The lowest BCUT2D eigenvalue weighted by Gasteiger charge is -2.26. The third-order valence-corrected chi connectivity index (χ3v) is 4.70. The third-order valence-electron chi connectivity index (χ3n) is 3.21. The fourth-order valence-electron chi connectivity index (χ4n) is 2.13. The van der Waals surface area contributed by atoms with Crippen molar-refractivity contribution in [2.24, 2.45) is 5.73 Å². The Morgan fingerprint density at radius 1 is 1.47 bits per heavy atom. The zero-order valence-corrected chi connectivity index (χ0v) is 12.6. The monoisotopic (exact) mass is 298 g/mol. The summed E-state index contributed by atoms with van der Waals surface area (Å²) in [5, 5.41) is 0. The van der Waals surface area contributed by atoms with E-state index in [-0.39, 0.29) is 0 Å². The van der Waals surface area contributed by atoms with E-state index in [2.05, 4.69) is 4.90 Å². The predicted octanol–water partition coefficient (Wildman–Crippen LogP) is 0.894. The minimum absolute atomic E-state index is 0.344. The van der Waals surface area contributed by atoms with Gasteiger partial charge in [-0.05, 0) is 17.7 Å². The first-order valence-electron chi connectivity index (χ1n) is 6.14. The summed E-state index contributed by atoms with van der Waals surface area (Å²) in [7, 11) is 0.981. The first-order valence-corrected chi connectivity index (χ1v) is 8.04. The lowest BCUT2D eigenvalue weighted by Crippen LogP contribution is -2.37. The van der Waals surface area contributed by atoms with Gasteiger partial charge < -0.3 is 10.5 Å². The fourth-order valence-corrected chi connectivity index (χ4v) is 3.43. The summed E-state index contributed by atoms with van der Waals surface area (Å²) in [6.45, 7) is 2.60. The van der Waals surface area contributed by atoms with Crippen LogP contribution in [-0.4, -0.2) is 45.8 Å². The standard InChI is InChI=1S/C13H18N2O2S2/c1-17-12-8-10(2-3-11(12)13(14)18)9-15-4-6-19(16)7-5-15/h2-3,8H,4-7,9H2,1H3,(H2,14,18). The Morgan fingerprint density at radius 2 is 2.16 bits per heavy atom. The molecule has 4 nitrogen and oxygen atoms in total. The summed E-state index contributed by atoms with van der Waals surface area (Å²) in [5.41, 5.74) is 7.57. The second kappa shape index (κ2) is 6.45. The van der Waals surface area contributed by atoms with Crippen molar-refractivity contribution in [2.45, 2.75) is 6.54 Å². The Morgan fingerprint density at radius 3 is 2.74 bits per heavy atom. The van der Waals surface area contributed by atoms with Crippen LogP contribution in [0.3, 0.4) is 0 Å². The van der Waals surface area contributed by atoms with Gasteiger partial charge in [0.15, 0.2) is 0 Å². The van der Waals surface area contributed by atoms with E-state index in [1.54, 1.807) is 7.11 Å². The lowest BCUT2D eigenvalue weighted by atomic mass is 10.1. The average molecular weight is 298 g/mol. The van der Waals surface area contributed by atoms with Crippen LogP contribution in [0.1, 0.15) is 11.1 Å². The van der Waals surface area contributed by atoms with Gasteiger partial charge in [-0.25, -0.2) is 0 Å². The van der Waals surface area contributed by atoms with Gasteiger partial charge in [-0.1, -0.05) is 18.3 Å². The maximum atomic E-state index is 11.3. The number of nitrogens with zero attached hydrogens (tertiary/aromatic N) is 1. The molecule has 0 aliphatic carbocycles. The highest BCUT2D eigenvalue weighted by atomic mass is 32.2. The molecular weight excluding hydrogens is 280 g/mol. The molecule has 1 aliphatic heterocycles. The van der Waals surface area contributed by atoms with E-state index in [0.717, 1.165) is 42.3 Å². The Balaban J connectivity index is 2.09. The molecule has 1 saturated heterocycles. The molecule has 2 rings (SSSR count). The van der Waals surface area contributed by atoms with E-state index in [1.807, 2.05) is 18.2 Å². The molecule has 1 fully saturated rings. The minimum Gasteiger partial charge on any atom is -0.496 e. The highest BCUT2D eigenvalue weighted by Crippen LogP contribution is 2.21. The normalized spacial score (nSPS) is 17.3. The Hall–Kier alpha value is -0.980. The molecule has 0 atom stereocenters. The Kier molecular flexibility index (Phi) is 4.90. The highest BCUT2D eigenvalue weighted by molar-refractivity contribution is 7.85. The molecule has 1 aromatic rings. The first-order chi connectivity index (χ1) is 9.10. The van der Waals surface area contributed by atoms with Gasteiger partial charge in [0.2, 0.25) is 0 Å². The van der Waals surface area contributed by atoms with Crippen LogP contribution >= 0.6 is 12.2 Å². The summed E-state index contributed by atoms with van der Waals surface area (Å²) in [6, 6.07) is 5.89. The van der Waals surface area contributed by atoms with Gasteiger partial charge in [-0.3, -0.25) is 9.11 Å². The van der Waals surface area contributed by atoms with Crippen molar-refractivity contribution in [1.29, 1.82) is 0 Å². The van der Waals surface area contributed by atoms with Gasteiger partial charge in [-0.2, -0.15) is 0 Å². The van der Waals surface area contributed by atoms with Gasteiger partial charge >= 0.3 is 0 Å². The van der Waals surface area contributed by atoms with Crippen LogP contribution < -0.4 is 10.5 Å². The smallest absolute Gasteiger partial charge is 0.129 e. The van der Waals surface area contributed by atoms with Gasteiger partial charge in [0.05, 0.1) is 12.7 Å². The molecule has 0 saturated carbocycles.